The van der Waals surface area contributed by atoms with Gasteiger partial charge in [0.15, 0.2) is 5.96 Å². The molecule has 1 aliphatic heterocycles. The van der Waals surface area contributed by atoms with Gasteiger partial charge in [0.05, 0.1) is 5.69 Å². The van der Waals surface area contributed by atoms with E-state index in [0.29, 0.717) is 5.96 Å². The molecule has 4 heteroatoms. The lowest BCUT2D eigenvalue weighted by Gasteiger charge is -2.27. The molecule has 80 valence electrons. The van der Waals surface area contributed by atoms with Gasteiger partial charge in [-0.15, -0.1) is 0 Å². The van der Waals surface area contributed by atoms with Crippen molar-refractivity contribution >= 4 is 23.4 Å². The smallest absolute Gasteiger partial charge is 0.196 e. The summed E-state index contributed by atoms with van der Waals surface area (Å²) in [6.07, 6.45) is 0. The van der Waals surface area contributed by atoms with Crippen LogP contribution in [0.15, 0.2) is 35.3 Å². The molecule has 2 rings (SSSR count). The fourth-order valence-corrected chi connectivity index (χ4v) is 2.40. The average Bonchev–Trinajstić information content (AvgIpc) is 2.31. The van der Waals surface area contributed by atoms with E-state index in [4.69, 9.17) is 5.73 Å². The fraction of sp³-hybridized carbons (Fsp3) is 0.364. The summed E-state index contributed by atoms with van der Waals surface area (Å²) in [6.45, 7) is 2.01. The Hall–Kier alpha value is -1.16. The van der Waals surface area contributed by atoms with Crippen molar-refractivity contribution in [3.05, 3.63) is 30.3 Å². The van der Waals surface area contributed by atoms with Crippen LogP contribution in [0.1, 0.15) is 0 Å². The number of thioether (sulfide) groups is 1. The fourth-order valence-electron chi connectivity index (χ4n) is 1.50. The summed E-state index contributed by atoms with van der Waals surface area (Å²) >= 11 is 1.97. The van der Waals surface area contributed by atoms with Crippen LogP contribution in [0.25, 0.3) is 0 Å². The minimum Gasteiger partial charge on any atom is -0.369 e. The van der Waals surface area contributed by atoms with Crippen LogP contribution in [0.4, 0.5) is 5.69 Å². The van der Waals surface area contributed by atoms with Crippen molar-refractivity contribution in [3.63, 3.8) is 0 Å². The van der Waals surface area contributed by atoms with E-state index < -0.39 is 0 Å². The zero-order valence-electron chi connectivity index (χ0n) is 8.60. The predicted molar refractivity (Wildman–Crippen MR) is 66.6 cm³/mol. The highest BCUT2D eigenvalue weighted by atomic mass is 32.2. The number of rotatable bonds is 1. The molecule has 1 saturated heterocycles. The Morgan fingerprint density at radius 3 is 2.53 bits per heavy atom. The predicted octanol–water partition coefficient (Wildman–Crippen LogP) is 1.68. The van der Waals surface area contributed by atoms with Gasteiger partial charge in [0.25, 0.3) is 0 Å². The molecule has 0 aliphatic carbocycles. The lowest BCUT2D eigenvalue weighted by atomic mass is 10.3. The molecule has 2 N–H and O–H groups in total. The number of aliphatic imine (C=N–C) groups is 1. The summed E-state index contributed by atoms with van der Waals surface area (Å²) in [6, 6.07) is 9.85. The molecule has 0 radical (unpaired) electrons. The van der Waals surface area contributed by atoms with Gasteiger partial charge in [0.1, 0.15) is 0 Å². The molecule has 3 nitrogen and oxygen atoms in total. The molecule has 0 amide bonds. The molecular weight excluding hydrogens is 206 g/mol. The third kappa shape index (κ3) is 2.89. The first-order valence-electron chi connectivity index (χ1n) is 5.08. The van der Waals surface area contributed by atoms with Gasteiger partial charge in [-0.2, -0.15) is 11.8 Å². The molecule has 0 spiro atoms. The van der Waals surface area contributed by atoms with Gasteiger partial charge in [-0.05, 0) is 12.1 Å². The maximum atomic E-state index is 5.95. The summed E-state index contributed by atoms with van der Waals surface area (Å²) < 4.78 is 0. The van der Waals surface area contributed by atoms with Crippen LogP contribution in [0, 0.1) is 0 Å². The molecule has 1 fully saturated rings. The lowest BCUT2D eigenvalue weighted by Crippen LogP contribution is -2.42. The van der Waals surface area contributed by atoms with Crippen LogP contribution in [-0.4, -0.2) is 35.5 Å². The molecule has 0 saturated carbocycles. The van der Waals surface area contributed by atoms with E-state index in [1.165, 1.54) is 0 Å². The number of benzene rings is 1. The molecule has 0 bridgehead atoms. The third-order valence-electron chi connectivity index (χ3n) is 2.33. The summed E-state index contributed by atoms with van der Waals surface area (Å²) in [7, 11) is 0. The Labute approximate surface area is 94.4 Å². The Morgan fingerprint density at radius 2 is 1.87 bits per heavy atom. The van der Waals surface area contributed by atoms with Gasteiger partial charge < -0.3 is 10.6 Å². The molecule has 1 aliphatic rings. The van der Waals surface area contributed by atoms with Crippen LogP contribution in [0.3, 0.4) is 0 Å². The average molecular weight is 221 g/mol. The molecule has 1 heterocycles. The first kappa shape index (κ1) is 10.4. The minimum absolute atomic E-state index is 0.640. The van der Waals surface area contributed by atoms with Gasteiger partial charge in [-0.3, -0.25) is 0 Å². The zero-order chi connectivity index (χ0) is 10.5. The summed E-state index contributed by atoms with van der Waals surface area (Å²) in [5.41, 5.74) is 6.87. The van der Waals surface area contributed by atoms with Crippen LogP contribution in [-0.2, 0) is 0 Å². The van der Waals surface area contributed by atoms with Crippen LogP contribution < -0.4 is 5.73 Å². The van der Waals surface area contributed by atoms with Gasteiger partial charge in [-0.1, -0.05) is 18.2 Å². The second-order valence-corrected chi connectivity index (χ2v) is 4.63. The van der Waals surface area contributed by atoms with Crippen molar-refractivity contribution in [3.8, 4) is 0 Å². The van der Waals surface area contributed by atoms with Crippen LogP contribution in [0.2, 0.25) is 0 Å². The van der Waals surface area contributed by atoms with Crippen LogP contribution in [0.5, 0.6) is 0 Å². The molecule has 0 atom stereocenters. The third-order valence-corrected chi connectivity index (χ3v) is 3.28. The first-order valence-corrected chi connectivity index (χ1v) is 6.23. The number of nitrogens with two attached hydrogens (primary N) is 1. The first-order chi connectivity index (χ1) is 7.36. The maximum absolute atomic E-state index is 5.95. The highest BCUT2D eigenvalue weighted by Crippen LogP contribution is 2.13. The van der Waals surface area contributed by atoms with E-state index in [2.05, 4.69) is 9.89 Å². The Bertz CT molecular complexity index is 331. The van der Waals surface area contributed by atoms with Gasteiger partial charge >= 0.3 is 0 Å². The lowest BCUT2D eigenvalue weighted by molar-refractivity contribution is 0.458. The normalized spacial score (nSPS) is 17.9. The molecular formula is C11H15N3S. The SMILES string of the molecule is NC(=Nc1ccccc1)N1CCSCC1. The van der Waals surface area contributed by atoms with Crippen molar-refractivity contribution in [2.45, 2.75) is 0 Å². The van der Waals surface area contributed by atoms with E-state index in [1.807, 2.05) is 42.1 Å². The quantitative estimate of drug-likeness (QED) is 0.579. The Kier molecular flexibility index (Phi) is 3.50. The number of guanidine groups is 1. The Balaban J connectivity index is 2.06. The van der Waals surface area contributed by atoms with Crippen molar-refractivity contribution in [1.29, 1.82) is 0 Å². The highest BCUT2D eigenvalue weighted by Gasteiger charge is 2.11. The van der Waals surface area contributed by atoms with E-state index in [-0.39, 0.29) is 0 Å². The Morgan fingerprint density at radius 1 is 1.20 bits per heavy atom. The molecule has 0 aromatic heterocycles. The molecule has 1 aromatic carbocycles. The van der Waals surface area contributed by atoms with Gasteiger partial charge in [0.2, 0.25) is 0 Å². The van der Waals surface area contributed by atoms with E-state index in [0.717, 1.165) is 30.3 Å². The second-order valence-electron chi connectivity index (χ2n) is 3.40. The number of nitrogens with zero attached hydrogens (tertiary/aromatic N) is 2. The minimum atomic E-state index is 0.640. The van der Waals surface area contributed by atoms with E-state index >= 15 is 0 Å². The monoisotopic (exact) mass is 221 g/mol. The molecule has 0 unspecified atom stereocenters. The van der Waals surface area contributed by atoms with Crippen molar-refractivity contribution in [2.75, 3.05) is 24.6 Å². The number of hydrogen-bond acceptors (Lipinski definition) is 2. The van der Waals surface area contributed by atoms with Crippen molar-refractivity contribution < 1.29 is 0 Å². The highest BCUT2D eigenvalue weighted by molar-refractivity contribution is 7.99. The van der Waals surface area contributed by atoms with Crippen molar-refractivity contribution in [2.24, 2.45) is 10.7 Å². The zero-order valence-corrected chi connectivity index (χ0v) is 9.41. The molecule has 1 aromatic rings. The summed E-state index contributed by atoms with van der Waals surface area (Å²) in [5, 5.41) is 0. The van der Waals surface area contributed by atoms with Crippen molar-refractivity contribution in [1.82, 2.24) is 4.90 Å². The topological polar surface area (TPSA) is 41.6 Å². The van der Waals surface area contributed by atoms with Gasteiger partial charge in [-0.25, -0.2) is 4.99 Å². The van der Waals surface area contributed by atoms with Crippen LogP contribution >= 0.6 is 11.8 Å². The second kappa shape index (κ2) is 5.07. The molecule has 15 heavy (non-hydrogen) atoms. The van der Waals surface area contributed by atoms with E-state index in [1.54, 1.807) is 0 Å². The standard InChI is InChI=1S/C11H15N3S/c12-11(14-6-8-15-9-7-14)13-10-4-2-1-3-5-10/h1-5H,6-9H2,(H2,12,13). The summed E-state index contributed by atoms with van der Waals surface area (Å²) in [5.74, 6) is 2.93. The van der Waals surface area contributed by atoms with Gasteiger partial charge in [0, 0.05) is 24.6 Å². The summed E-state index contributed by atoms with van der Waals surface area (Å²) in [4.78, 5) is 6.54. The number of para-hydroxylation sites is 1. The number of hydrogen-bond donors (Lipinski definition) is 1. The maximum Gasteiger partial charge on any atom is 0.196 e. The largest absolute Gasteiger partial charge is 0.369 e. The van der Waals surface area contributed by atoms with E-state index in [9.17, 15) is 0 Å².